The van der Waals surface area contributed by atoms with Crippen molar-refractivity contribution in [3.63, 3.8) is 0 Å². The highest BCUT2D eigenvalue weighted by atomic mass is 16.5. The number of rotatable bonds is 3. The van der Waals surface area contributed by atoms with Crippen molar-refractivity contribution >= 4 is 5.97 Å². The van der Waals surface area contributed by atoms with Gasteiger partial charge in [-0.2, -0.15) is 0 Å². The molecule has 0 aliphatic rings. The SMILES string of the molecule is CCC(C)C(=O)Oc1ccccc1O. The molecule has 0 saturated carbocycles. The molecule has 0 bridgehead atoms. The van der Waals surface area contributed by atoms with Crippen molar-refractivity contribution in [2.24, 2.45) is 5.92 Å². The van der Waals surface area contributed by atoms with Crippen LogP contribution >= 0.6 is 0 Å². The fraction of sp³-hybridized carbons (Fsp3) is 0.364. The number of benzene rings is 1. The van der Waals surface area contributed by atoms with E-state index in [1.807, 2.05) is 6.92 Å². The third kappa shape index (κ3) is 2.49. The molecule has 1 aromatic carbocycles. The van der Waals surface area contributed by atoms with E-state index < -0.39 is 0 Å². The molecule has 0 spiro atoms. The van der Waals surface area contributed by atoms with Crippen molar-refractivity contribution in [3.8, 4) is 11.5 Å². The Balaban J connectivity index is 2.70. The maximum atomic E-state index is 11.4. The Morgan fingerprint density at radius 2 is 2.14 bits per heavy atom. The molecule has 1 atom stereocenters. The van der Waals surface area contributed by atoms with Crippen LogP contribution in [-0.4, -0.2) is 11.1 Å². The Kier molecular flexibility index (Phi) is 3.51. The fourth-order valence-electron chi connectivity index (χ4n) is 0.919. The maximum Gasteiger partial charge on any atom is 0.314 e. The molecule has 1 aromatic rings. The van der Waals surface area contributed by atoms with Crippen molar-refractivity contribution in [1.82, 2.24) is 0 Å². The van der Waals surface area contributed by atoms with Crippen molar-refractivity contribution in [2.45, 2.75) is 20.3 Å². The van der Waals surface area contributed by atoms with Crippen LogP contribution in [0.25, 0.3) is 0 Å². The van der Waals surface area contributed by atoms with Gasteiger partial charge in [-0.05, 0) is 18.6 Å². The number of esters is 1. The largest absolute Gasteiger partial charge is 0.504 e. The smallest absolute Gasteiger partial charge is 0.314 e. The highest BCUT2D eigenvalue weighted by molar-refractivity contribution is 5.75. The van der Waals surface area contributed by atoms with Crippen LogP contribution in [0, 0.1) is 5.92 Å². The molecule has 0 heterocycles. The quantitative estimate of drug-likeness (QED) is 0.593. The Morgan fingerprint density at radius 1 is 1.50 bits per heavy atom. The van der Waals surface area contributed by atoms with E-state index >= 15 is 0 Å². The van der Waals surface area contributed by atoms with Crippen LogP contribution in [0.15, 0.2) is 24.3 Å². The summed E-state index contributed by atoms with van der Waals surface area (Å²) in [5, 5.41) is 9.34. The fourth-order valence-corrected chi connectivity index (χ4v) is 0.919. The average Bonchev–Trinajstić information content (AvgIpc) is 2.20. The Labute approximate surface area is 83.3 Å². The van der Waals surface area contributed by atoms with Gasteiger partial charge in [-0.15, -0.1) is 0 Å². The second kappa shape index (κ2) is 4.65. The second-order valence-corrected chi connectivity index (χ2v) is 3.20. The first kappa shape index (κ1) is 10.6. The van der Waals surface area contributed by atoms with Gasteiger partial charge in [-0.3, -0.25) is 4.79 Å². The predicted octanol–water partition coefficient (Wildman–Crippen LogP) is 2.34. The molecule has 3 heteroatoms. The van der Waals surface area contributed by atoms with Gasteiger partial charge in [0.05, 0.1) is 5.92 Å². The maximum absolute atomic E-state index is 11.4. The Bertz CT molecular complexity index is 320. The third-order valence-corrected chi connectivity index (χ3v) is 2.09. The number of hydrogen-bond donors (Lipinski definition) is 1. The van der Waals surface area contributed by atoms with Gasteiger partial charge in [-0.1, -0.05) is 26.0 Å². The summed E-state index contributed by atoms with van der Waals surface area (Å²) in [6, 6.07) is 6.43. The lowest BCUT2D eigenvalue weighted by molar-refractivity contribution is -0.138. The van der Waals surface area contributed by atoms with Gasteiger partial charge in [0.25, 0.3) is 0 Å². The van der Waals surface area contributed by atoms with Gasteiger partial charge in [0.2, 0.25) is 0 Å². The first-order valence-electron chi connectivity index (χ1n) is 4.64. The monoisotopic (exact) mass is 194 g/mol. The summed E-state index contributed by atoms with van der Waals surface area (Å²) in [5.41, 5.74) is 0. The number of para-hydroxylation sites is 2. The summed E-state index contributed by atoms with van der Waals surface area (Å²) in [6.07, 6.45) is 0.729. The van der Waals surface area contributed by atoms with E-state index in [1.165, 1.54) is 6.07 Å². The van der Waals surface area contributed by atoms with Crippen LogP contribution in [0.3, 0.4) is 0 Å². The first-order valence-corrected chi connectivity index (χ1v) is 4.64. The Morgan fingerprint density at radius 3 is 2.71 bits per heavy atom. The average molecular weight is 194 g/mol. The summed E-state index contributed by atoms with van der Waals surface area (Å²) in [6.45, 7) is 3.71. The van der Waals surface area contributed by atoms with Crippen LogP contribution in [-0.2, 0) is 4.79 Å². The predicted molar refractivity (Wildman–Crippen MR) is 53.2 cm³/mol. The van der Waals surface area contributed by atoms with Crippen LogP contribution in [0.5, 0.6) is 11.5 Å². The number of phenols is 1. The Hall–Kier alpha value is -1.51. The number of ether oxygens (including phenoxy) is 1. The van der Waals surface area contributed by atoms with Gasteiger partial charge in [0.15, 0.2) is 11.5 Å². The number of phenolic OH excluding ortho intramolecular Hbond substituents is 1. The second-order valence-electron chi connectivity index (χ2n) is 3.20. The molecule has 76 valence electrons. The molecule has 0 aliphatic carbocycles. The lowest BCUT2D eigenvalue weighted by Gasteiger charge is -2.09. The number of aromatic hydroxyl groups is 1. The molecular weight excluding hydrogens is 180 g/mol. The number of carbonyl (C=O) groups is 1. The topological polar surface area (TPSA) is 46.5 Å². The summed E-state index contributed by atoms with van der Waals surface area (Å²) in [4.78, 5) is 11.4. The molecule has 0 aromatic heterocycles. The molecule has 3 nitrogen and oxygen atoms in total. The van der Waals surface area contributed by atoms with Gasteiger partial charge in [0.1, 0.15) is 0 Å². The summed E-state index contributed by atoms with van der Waals surface area (Å²) in [7, 11) is 0. The molecule has 0 saturated heterocycles. The zero-order chi connectivity index (χ0) is 10.6. The van der Waals surface area contributed by atoms with E-state index in [-0.39, 0.29) is 23.4 Å². The number of carbonyl (C=O) groups excluding carboxylic acids is 1. The van der Waals surface area contributed by atoms with E-state index in [9.17, 15) is 9.90 Å². The lowest BCUT2D eigenvalue weighted by Crippen LogP contribution is -2.16. The lowest BCUT2D eigenvalue weighted by atomic mass is 10.1. The summed E-state index contributed by atoms with van der Waals surface area (Å²) < 4.78 is 5.01. The van der Waals surface area contributed by atoms with E-state index in [0.29, 0.717) is 0 Å². The van der Waals surface area contributed by atoms with Crippen molar-refractivity contribution in [1.29, 1.82) is 0 Å². The normalized spacial score (nSPS) is 12.1. The third-order valence-electron chi connectivity index (χ3n) is 2.09. The molecular formula is C11H14O3. The van der Waals surface area contributed by atoms with E-state index in [1.54, 1.807) is 25.1 Å². The van der Waals surface area contributed by atoms with E-state index in [2.05, 4.69) is 0 Å². The van der Waals surface area contributed by atoms with Crippen molar-refractivity contribution in [2.75, 3.05) is 0 Å². The highest BCUT2D eigenvalue weighted by Gasteiger charge is 2.14. The molecule has 1 rings (SSSR count). The van der Waals surface area contributed by atoms with Crippen LogP contribution in [0.2, 0.25) is 0 Å². The van der Waals surface area contributed by atoms with E-state index in [4.69, 9.17) is 4.74 Å². The molecule has 0 radical (unpaired) electrons. The van der Waals surface area contributed by atoms with Crippen molar-refractivity contribution in [3.05, 3.63) is 24.3 Å². The zero-order valence-electron chi connectivity index (χ0n) is 8.36. The minimum Gasteiger partial charge on any atom is -0.504 e. The van der Waals surface area contributed by atoms with Gasteiger partial charge in [-0.25, -0.2) is 0 Å². The summed E-state index contributed by atoms with van der Waals surface area (Å²) in [5.74, 6) is -0.245. The molecule has 0 fully saturated rings. The standard InChI is InChI=1S/C11H14O3/c1-3-8(2)11(13)14-10-7-5-4-6-9(10)12/h4-8,12H,3H2,1-2H3. The molecule has 14 heavy (non-hydrogen) atoms. The first-order chi connectivity index (χ1) is 6.65. The van der Waals surface area contributed by atoms with Gasteiger partial charge < -0.3 is 9.84 Å². The molecule has 1 unspecified atom stereocenters. The summed E-state index contributed by atoms with van der Waals surface area (Å²) >= 11 is 0. The van der Waals surface area contributed by atoms with E-state index in [0.717, 1.165) is 6.42 Å². The minimum atomic E-state index is -0.311. The number of hydrogen-bond acceptors (Lipinski definition) is 3. The molecule has 0 aliphatic heterocycles. The van der Waals surface area contributed by atoms with Crippen LogP contribution < -0.4 is 4.74 Å². The molecule has 0 amide bonds. The van der Waals surface area contributed by atoms with Crippen LogP contribution in [0.1, 0.15) is 20.3 Å². The van der Waals surface area contributed by atoms with Gasteiger partial charge in [0, 0.05) is 0 Å². The molecule has 1 N–H and O–H groups in total. The van der Waals surface area contributed by atoms with Crippen molar-refractivity contribution < 1.29 is 14.6 Å². The van der Waals surface area contributed by atoms with Gasteiger partial charge >= 0.3 is 5.97 Å². The minimum absolute atomic E-state index is 0.0100. The zero-order valence-corrected chi connectivity index (χ0v) is 8.36. The van der Waals surface area contributed by atoms with Crippen LogP contribution in [0.4, 0.5) is 0 Å². The highest BCUT2D eigenvalue weighted by Crippen LogP contribution is 2.25.